The molecule has 20 heavy (non-hydrogen) atoms. The van der Waals surface area contributed by atoms with E-state index in [-0.39, 0.29) is 5.69 Å². The first-order chi connectivity index (χ1) is 9.74. The lowest BCUT2D eigenvalue weighted by Gasteiger charge is -2.08. The first kappa shape index (κ1) is 14.2. The molecule has 1 aromatic heterocycles. The zero-order valence-corrected chi connectivity index (χ0v) is 11.4. The molecular formula is C14H18N4O2. The van der Waals surface area contributed by atoms with E-state index >= 15 is 0 Å². The minimum absolute atomic E-state index is 0.144. The van der Waals surface area contributed by atoms with Crippen LogP contribution >= 0.6 is 0 Å². The number of ether oxygens (including phenoxy) is 1. The number of carbonyl (C=O) groups excluding carboxylic acids is 1. The number of aromatic nitrogens is 3. The van der Waals surface area contributed by atoms with Crippen molar-refractivity contribution in [1.29, 1.82) is 0 Å². The third-order valence-corrected chi connectivity index (χ3v) is 2.95. The van der Waals surface area contributed by atoms with Crippen molar-refractivity contribution in [3.05, 3.63) is 35.5 Å². The fraction of sp³-hybridized carbons (Fsp3) is 0.357. The van der Waals surface area contributed by atoms with Crippen molar-refractivity contribution in [2.75, 3.05) is 6.61 Å². The van der Waals surface area contributed by atoms with E-state index < -0.39 is 5.91 Å². The largest absolute Gasteiger partial charge is 0.377 e. The summed E-state index contributed by atoms with van der Waals surface area (Å²) in [6.07, 6.45) is 2.12. The Kier molecular flexibility index (Phi) is 4.84. The lowest BCUT2D eigenvalue weighted by atomic mass is 10.0. The van der Waals surface area contributed by atoms with E-state index in [4.69, 9.17) is 10.5 Å². The molecule has 0 unspecified atom stereocenters. The number of hydrogen-bond donors (Lipinski definition) is 2. The summed E-state index contributed by atoms with van der Waals surface area (Å²) in [5.74, 6) is -0.601. The number of carbonyl (C=O) groups is 1. The smallest absolute Gasteiger partial charge is 0.271 e. The third kappa shape index (κ3) is 3.21. The molecule has 0 saturated heterocycles. The molecule has 0 spiro atoms. The van der Waals surface area contributed by atoms with Gasteiger partial charge in [-0.2, -0.15) is 15.4 Å². The molecule has 0 atom stereocenters. The zero-order valence-electron chi connectivity index (χ0n) is 11.4. The number of nitrogens with zero attached hydrogens (tertiary/aromatic N) is 2. The molecular weight excluding hydrogens is 256 g/mol. The number of unbranched alkanes of at least 4 members (excludes halogenated alkanes) is 1. The molecule has 2 aromatic rings. The summed E-state index contributed by atoms with van der Waals surface area (Å²) in [6.45, 7) is 3.30. The van der Waals surface area contributed by atoms with Gasteiger partial charge in [0.2, 0.25) is 0 Å². The van der Waals surface area contributed by atoms with E-state index in [0.29, 0.717) is 18.9 Å². The number of benzene rings is 1. The summed E-state index contributed by atoms with van der Waals surface area (Å²) < 4.78 is 5.62. The summed E-state index contributed by atoms with van der Waals surface area (Å²) >= 11 is 0. The van der Waals surface area contributed by atoms with Gasteiger partial charge < -0.3 is 10.5 Å². The number of nitrogens with two attached hydrogens (primary N) is 1. The van der Waals surface area contributed by atoms with E-state index in [2.05, 4.69) is 22.3 Å². The second kappa shape index (κ2) is 6.81. The molecule has 0 aliphatic carbocycles. The fourth-order valence-corrected chi connectivity index (χ4v) is 1.90. The van der Waals surface area contributed by atoms with Crippen LogP contribution in [0.2, 0.25) is 0 Å². The van der Waals surface area contributed by atoms with Crippen molar-refractivity contribution in [1.82, 2.24) is 15.4 Å². The molecule has 3 N–H and O–H groups in total. The Hall–Kier alpha value is -2.21. The first-order valence-corrected chi connectivity index (χ1v) is 6.60. The fourth-order valence-electron chi connectivity index (χ4n) is 1.90. The van der Waals surface area contributed by atoms with E-state index in [1.165, 1.54) is 0 Å². The molecule has 0 saturated carbocycles. The van der Waals surface area contributed by atoms with Crippen LogP contribution in [0.4, 0.5) is 0 Å². The number of rotatable bonds is 7. The van der Waals surface area contributed by atoms with Crippen LogP contribution in [0, 0.1) is 0 Å². The summed E-state index contributed by atoms with van der Waals surface area (Å²) in [5.41, 5.74) is 7.67. The predicted octanol–water partition coefficient (Wildman–Crippen LogP) is 1.89. The molecule has 1 heterocycles. The van der Waals surface area contributed by atoms with Gasteiger partial charge >= 0.3 is 0 Å². The number of aromatic amines is 1. The highest BCUT2D eigenvalue weighted by molar-refractivity contribution is 5.96. The molecule has 0 aliphatic rings. The topological polar surface area (TPSA) is 93.9 Å². The summed E-state index contributed by atoms with van der Waals surface area (Å²) in [6, 6.07) is 7.62. The Morgan fingerprint density at radius 2 is 2.15 bits per heavy atom. The highest BCUT2D eigenvalue weighted by Crippen LogP contribution is 2.24. The van der Waals surface area contributed by atoms with Crippen LogP contribution in [0.1, 0.15) is 35.8 Å². The highest BCUT2D eigenvalue weighted by Gasteiger charge is 2.17. The van der Waals surface area contributed by atoms with Crippen LogP contribution in [-0.4, -0.2) is 27.9 Å². The van der Waals surface area contributed by atoms with Gasteiger partial charge in [0.05, 0.1) is 6.61 Å². The van der Waals surface area contributed by atoms with E-state index in [9.17, 15) is 4.79 Å². The van der Waals surface area contributed by atoms with Crippen molar-refractivity contribution in [2.45, 2.75) is 26.4 Å². The van der Waals surface area contributed by atoms with Gasteiger partial charge in [0.15, 0.2) is 5.69 Å². The van der Waals surface area contributed by atoms with Crippen molar-refractivity contribution in [3.63, 3.8) is 0 Å². The Balaban J connectivity index is 2.23. The second-order valence-electron chi connectivity index (χ2n) is 4.45. The van der Waals surface area contributed by atoms with Crippen LogP contribution < -0.4 is 5.73 Å². The van der Waals surface area contributed by atoms with E-state index in [0.717, 1.165) is 24.0 Å². The SMILES string of the molecule is CCCCOCc1ccccc1-c1n[nH]nc1C(N)=O. The Morgan fingerprint density at radius 3 is 2.90 bits per heavy atom. The van der Waals surface area contributed by atoms with Gasteiger partial charge in [-0.15, -0.1) is 0 Å². The minimum Gasteiger partial charge on any atom is -0.377 e. The van der Waals surface area contributed by atoms with Gasteiger partial charge in [-0.3, -0.25) is 4.79 Å². The van der Waals surface area contributed by atoms with E-state index in [1.807, 2.05) is 24.3 Å². The molecule has 0 fully saturated rings. The third-order valence-electron chi connectivity index (χ3n) is 2.95. The quantitative estimate of drug-likeness (QED) is 0.754. The summed E-state index contributed by atoms with van der Waals surface area (Å²) in [4.78, 5) is 11.3. The van der Waals surface area contributed by atoms with Crippen LogP contribution in [0.5, 0.6) is 0 Å². The second-order valence-corrected chi connectivity index (χ2v) is 4.45. The molecule has 0 bridgehead atoms. The molecule has 106 valence electrons. The molecule has 0 aliphatic heterocycles. The summed E-state index contributed by atoms with van der Waals surface area (Å²) in [7, 11) is 0. The van der Waals surface area contributed by atoms with Crippen molar-refractivity contribution < 1.29 is 9.53 Å². The van der Waals surface area contributed by atoms with Crippen LogP contribution in [0.3, 0.4) is 0 Å². The average Bonchev–Trinajstić information content (AvgIpc) is 2.93. The van der Waals surface area contributed by atoms with E-state index in [1.54, 1.807) is 0 Å². The molecule has 1 amide bonds. The van der Waals surface area contributed by atoms with Crippen LogP contribution in [0.15, 0.2) is 24.3 Å². The van der Waals surface area contributed by atoms with Gasteiger partial charge in [0.1, 0.15) is 5.69 Å². The highest BCUT2D eigenvalue weighted by atomic mass is 16.5. The summed E-state index contributed by atoms with van der Waals surface area (Å²) in [5, 5.41) is 10.3. The lowest BCUT2D eigenvalue weighted by Crippen LogP contribution is -2.13. The molecule has 1 aromatic carbocycles. The zero-order chi connectivity index (χ0) is 14.4. The Morgan fingerprint density at radius 1 is 1.35 bits per heavy atom. The average molecular weight is 274 g/mol. The number of hydrogen-bond acceptors (Lipinski definition) is 4. The molecule has 2 rings (SSSR count). The standard InChI is InChI=1S/C14H18N4O2/c1-2-3-8-20-9-10-6-4-5-7-11(10)12-13(14(15)19)17-18-16-12/h4-7H,2-3,8-9H2,1H3,(H2,15,19)(H,16,17,18). The normalized spacial score (nSPS) is 10.7. The predicted molar refractivity (Wildman–Crippen MR) is 74.9 cm³/mol. The number of H-pyrrole nitrogens is 1. The number of amides is 1. The van der Waals surface area contributed by atoms with Crippen LogP contribution in [-0.2, 0) is 11.3 Å². The maximum Gasteiger partial charge on any atom is 0.271 e. The van der Waals surface area contributed by atoms with Crippen molar-refractivity contribution in [2.24, 2.45) is 5.73 Å². The Labute approximate surface area is 117 Å². The first-order valence-electron chi connectivity index (χ1n) is 6.60. The van der Waals surface area contributed by atoms with Crippen molar-refractivity contribution in [3.8, 4) is 11.3 Å². The number of nitrogens with one attached hydrogen (secondary N) is 1. The van der Waals surface area contributed by atoms with Crippen molar-refractivity contribution >= 4 is 5.91 Å². The number of primary amides is 1. The Bertz CT molecular complexity index is 580. The lowest BCUT2D eigenvalue weighted by molar-refractivity contribution is 0.0996. The van der Waals surface area contributed by atoms with Crippen LogP contribution in [0.25, 0.3) is 11.3 Å². The molecule has 6 nitrogen and oxygen atoms in total. The van der Waals surface area contributed by atoms with Gasteiger partial charge in [0.25, 0.3) is 5.91 Å². The van der Waals surface area contributed by atoms with Gasteiger partial charge in [0, 0.05) is 12.2 Å². The maximum absolute atomic E-state index is 11.3. The van der Waals surface area contributed by atoms with Gasteiger partial charge in [-0.25, -0.2) is 0 Å². The minimum atomic E-state index is -0.601. The molecule has 0 radical (unpaired) electrons. The van der Waals surface area contributed by atoms with Gasteiger partial charge in [-0.1, -0.05) is 37.6 Å². The monoisotopic (exact) mass is 274 g/mol. The molecule has 6 heteroatoms. The van der Waals surface area contributed by atoms with Gasteiger partial charge in [-0.05, 0) is 12.0 Å². The maximum atomic E-state index is 11.3.